The van der Waals surface area contributed by atoms with Gasteiger partial charge in [-0.3, -0.25) is 4.79 Å². The first-order chi connectivity index (χ1) is 18.6. The van der Waals surface area contributed by atoms with Crippen molar-refractivity contribution in [3.63, 3.8) is 0 Å². The molecule has 0 fully saturated rings. The number of hydrogen-bond donors (Lipinski definition) is 2. The van der Waals surface area contributed by atoms with Gasteiger partial charge in [-0.1, -0.05) is 62.9 Å². The number of rotatable bonds is 7. The molecule has 0 amide bonds. The van der Waals surface area contributed by atoms with Gasteiger partial charge in [0.1, 0.15) is 6.61 Å². The molecule has 5 heterocycles. The molecule has 202 valence electrons. The first-order valence-corrected chi connectivity index (χ1v) is 17.5. The van der Waals surface area contributed by atoms with Crippen LogP contribution in [0.2, 0.25) is 19.1 Å². The highest BCUT2D eigenvalue weighted by Crippen LogP contribution is 2.41. The lowest BCUT2D eigenvalue weighted by atomic mass is 9.86. The Hall–Kier alpha value is -3.21. The Morgan fingerprint density at radius 1 is 1.26 bits per heavy atom. The number of aliphatic hydroxyl groups is 1. The molecule has 0 aliphatic carbocycles. The third kappa shape index (κ3) is 4.16. The van der Waals surface area contributed by atoms with Gasteiger partial charge in [0.05, 0.1) is 37.1 Å². The summed E-state index contributed by atoms with van der Waals surface area (Å²) < 4.78 is 6.96. The highest BCUT2D eigenvalue weighted by atomic mass is 32.2. The Balaban J connectivity index is 1.43. The second-order valence-electron chi connectivity index (χ2n) is 11.2. The maximum Gasteiger partial charge on any atom is 0.343 e. The first-order valence-electron chi connectivity index (χ1n) is 13.4. The molecule has 0 bridgehead atoms. The number of carbonyl (C=O) groups is 1. The van der Waals surface area contributed by atoms with Crippen molar-refractivity contribution >= 4 is 36.7 Å². The quantitative estimate of drug-likeness (QED) is 0.168. The molecule has 8 nitrogen and oxygen atoms in total. The van der Waals surface area contributed by atoms with Crippen molar-refractivity contribution in [3.05, 3.63) is 75.3 Å². The fourth-order valence-electron chi connectivity index (χ4n) is 5.69. The van der Waals surface area contributed by atoms with Crippen LogP contribution in [0.25, 0.3) is 22.3 Å². The molecule has 1 unspecified atom stereocenters. The molecular formula is C29H32N4O4SSi. The number of nitrogens with one attached hydrogen (secondary N) is 1. The summed E-state index contributed by atoms with van der Waals surface area (Å²) in [6, 6.07) is 11.0. The zero-order valence-electron chi connectivity index (χ0n) is 22.6. The number of hydrogen-bond acceptors (Lipinski definition) is 7. The molecule has 10 heteroatoms. The van der Waals surface area contributed by atoms with E-state index in [1.807, 2.05) is 24.4 Å². The Kier molecular flexibility index (Phi) is 6.32. The van der Waals surface area contributed by atoms with Crippen LogP contribution < -0.4 is 5.56 Å². The fourth-order valence-corrected chi connectivity index (χ4v) is 9.55. The van der Waals surface area contributed by atoms with Crippen LogP contribution in [-0.4, -0.2) is 43.5 Å². The van der Waals surface area contributed by atoms with Gasteiger partial charge in [0.2, 0.25) is 0 Å². The molecule has 39 heavy (non-hydrogen) atoms. The SMILES string of the molecule is CC[C@@]1(O)C(=O)OCc2c1cc1n(c2=O)Cc2c-1nc1ccccc1c2CC[Si](C)(C)C(C)Sc1ncc[nH]1. The lowest BCUT2D eigenvalue weighted by molar-refractivity contribution is -0.172. The normalized spacial score (nSPS) is 18.9. The Morgan fingerprint density at radius 3 is 2.79 bits per heavy atom. The van der Waals surface area contributed by atoms with E-state index >= 15 is 0 Å². The summed E-state index contributed by atoms with van der Waals surface area (Å²) in [4.78, 5) is 39.3. The number of nitrogens with zero attached hydrogens (tertiary/aromatic N) is 3. The van der Waals surface area contributed by atoms with Crippen LogP contribution in [0.5, 0.6) is 0 Å². The number of aromatic amines is 1. The van der Waals surface area contributed by atoms with Gasteiger partial charge in [-0.05, 0) is 30.5 Å². The minimum Gasteiger partial charge on any atom is -0.458 e. The number of imidazole rings is 1. The largest absolute Gasteiger partial charge is 0.458 e. The number of esters is 1. The van der Waals surface area contributed by atoms with E-state index in [0.717, 1.165) is 39.8 Å². The van der Waals surface area contributed by atoms with E-state index in [2.05, 4.69) is 36.1 Å². The number of ether oxygens (including phenoxy) is 1. The van der Waals surface area contributed by atoms with Crippen molar-refractivity contribution in [1.82, 2.24) is 19.5 Å². The monoisotopic (exact) mass is 560 g/mol. The number of thioether (sulfide) groups is 1. The minimum absolute atomic E-state index is 0.124. The molecule has 0 spiro atoms. The van der Waals surface area contributed by atoms with Gasteiger partial charge in [0, 0.05) is 33.8 Å². The highest BCUT2D eigenvalue weighted by Gasteiger charge is 2.45. The number of benzene rings is 1. The Labute approximate surface area is 231 Å². The van der Waals surface area contributed by atoms with Gasteiger partial charge < -0.3 is 19.4 Å². The molecule has 6 rings (SSSR count). The number of aryl methyl sites for hydroxylation is 1. The number of H-pyrrole nitrogens is 1. The van der Waals surface area contributed by atoms with E-state index in [0.29, 0.717) is 28.2 Å². The predicted molar refractivity (Wildman–Crippen MR) is 154 cm³/mol. The van der Waals surface area contributed by atoms with Crippen LogP contribution in [0, 0.1) is 0 Å². The maximum absolute atomic E-state index is 13.7. The minimum atomic E-state index is -1.83. The molecule has 0 radical (unpaired) electrons. The van der Waals surface area contributed by atoms with Gasteiger partial charge in [0.15, 0.2) is 10.8 Å². The van der Waals surface area contributed by atoms with E-state index < -0.39 is 19.6 Å². The predicted octanol–water partition coefficient (Wildman–Crippen LogP) is 4.77. The van der Waals surface area contributed by atoms with Crippen molar-refractivity contribution in [2.45, 2.75) is 74.6 Å². The molecular weight excluding hydrogens is 528 g/mol. The molecule has 2 aliphatic rings. The number of carbonyl (C=O) groups excluding carboxylic acids is 1. The molecule has 4 aromatic rings. The van der Waals surface area contributed by atoms with Crippen molar-refractivity contribution in [2.75, 3.05) is 0 Å². The van der Waals surface area contributed by atoms with E-state index in [4.69, 9.17) is 9.72 Å². The average molecular weight is 561 g/mol. The molecule has 2 aliphatic heterocycles. The smallest absolute Gasteiger partial charge is 0.343 e. The van der Waals surface area contributed by atoms with Crippen molar-refractivity contribution in [1.29, 1.82) is 0 Å². The van der Waals surface area contributed by atoms with Gasteiger partial charge in [-0.25, -0.2) is 14.8 Å². The fraction of sp³-hybridized carbons (Fsp3) is 0.379. The van der Waals surface area contributed by atoms with Crippen LogP contribution in [0.3, 0.4) is 0 Å². The number of cyclic esters (lactones) is 1. The van der Waals surface area contributed by atoms with E-state index in [1.54, 1.807) is 35.5 Å². The van der Waals surface area contributed by atoms with E-state index in [-0.39, 0.29) is 18.6 Å². The third-order valence-corrected chi connectivity index (χ3v) is 15.4. The zero-order chi connectivity index (χ0) is 27.5. The first kappa shape index (κ1) is 26.0. The summed E-state index contributed by atoms with van der Waals surface area (Å²) in [5, 5.41) is 13.3. The summed E-state index contributed by atoms with van der Waals surface area (Å²) in [6.45, 7) is 9.16. The number of fused-ring (bicyclic) bond motifs is 5. The van der Waals surface area contributed by atoms with Crippen molar-refractivity contribution in [2.24, 2.45) is 0 Å². The van der Waals surface area contributed by atoms with Gasteiger partial charge in [0.25, 0.3) is 5.56 Å². The van der Waals surface area contributed by atoms with Crippen LogP contribution in [0.4, 0.5) is 0 Å². The molecule has 0 saturated carbocycles. The highest BCUT2D eigenvalue weighted by molar-refractivity contribution is 8.01. The second-order valence-corrected chi connectivity index (χ2v) is 18.3. The maximum atomic E-state index is 13.7. The molecule has 1 aromatic carbocycles. The number of aromatic nitrogens is 4. The van der Waals surface area contributed by atoms with Crippen LogP contribution in [0.15, 0.2) is 52.7 Å². The summed E-state index contributed by atoms with van der Waals surface area (Å²) in [5.41, 5.74) is 3.21. The average Bonchev–Trinajstić information content (AvgIpc) is 3.57. The topological polar surface area (TPSA) is 110 Å². The Morgan fingerprint density at radius 2 is 2.05 bits per heavy atom. The molecule has 2 N–H and O–H groups in total. The van der Waals surface area contributed by atoms with Crippen LogP contribution >= 0.6 is 11.8 Å². The van der Waals surface area contributed by atoms with Crippen molar-refractivity contribution < 1.29 is 14.6 Å². The van der Waals surface area contributed by atoms with E-state index in [1.165, 1.54) is 5.56 Å². The van der Waals surface area contributed by atoms with Crippen molar-refractivity contribution in [3.8, 4) is 11.4 Å². The standard InChI is InChI=1S/C29H32N4O4SSi/c1-5-29(36)22-14-24-25-20(15-33(24)26(34)21(22)16-37-27(29)35)18(19-8-6-7-9-23(19)32-25)10-13-39(3,4)17(2)38-28-30-11-12-31-28/h6-9,11-12,14,17,36H,5,10,13,15-16H2,1-4H3,(H,30,31)/t17?,29-/m0/s1. The van der Waals surface area contributed by atoms with Gasteiger partial charge >= 0.3 is 5.97 Å². The van der Waals surface area contributed by atoms with E-state index in [9.17, 15) is 14.7 Å². The summed E-state index contributed by atoms with van der Waals surface area (Å²) in [5.74, 6) is -0.707. The number of pyridine rings is 2. The second kappa shape index (κ2) is 9.46. The van der Waals surface area contributed by atoms with Gasteiger partial charge in [-0.15, -0.1) is 0 Å². The third-order valence-electron chi connectivity index (χ3n) is 8.59. The summed E-state index contributed by atoms with van der Waals surface area (Å²) in [7, 11) is -1.68. The summed E-state index contributed by atoms with van der Waals surface area (Å²) in [6.07, 6.45) is 4.66. The lowest BCUT2D eigenvalue weighted by Gasteiger charge is -2.31. The molecule has 3 aromatic heterocycles. The molecule has 2 atom stereocenters. The number of para-hydroxylation sites is 1. The van der Waals surface area contributed by atoms with Gasteiger partial charge in [-0.2, -0.15) is 0 Å². The summed E-state index contributed by atoms with van der Waals surface area (Å²) >= 11 is 1.80. The molecule has 0 saturated heterocycles. The lowest BCUT2D eigenvalue weighted by Crippen LogP contribution is -2.44. The van der Waals surface area contributed by atoms with Crippen LogP contribution in [-0.2, 0) is 34.7 Å². The Bertz CT molecular complexity index is 1670. The zero-order valence-corrected chi connectivity index (χ0v) is 24.4. The van der Waals surface area contributed by atoms with Crippen LogP contribution in [0.1, 0.15) is 42.5 Å².